The van der Waals surface area contributed by atoms with E-state index in [2.05, 4.69) is 4.98 Å². The summed E-state index contributed by atoms with van der Waals surface area (Å²) >= 11 is 1.47. The molecule has 0 aliphatic rings. The first-order valence-electron chi connectivity index (χ1n) is 10.8. The van der Waals surface area contributed by atoms with Crippen LogP contribution >= 0.6 is 11.3 Å². The zero-order chi connectivity index (χ0) is 23.8. The summed E-state index contributed by atoms with van der Waals surface area (Å²) in [5.74, 6) is 1.13. The monoisotopic (exact) mass is 473 g/mol. The molecular formula is C26H21N2O5S-. The molecule has 0 unspecified atom stereocenters. The maximum atomic E-state index is 13.5. The molecule has 0 aliphatic heterocycles. The third kappa shape index (κ3) is 4.03. The Morgan fingerprint density at radius 1 is 1.15 bits per heavy atom. The highest BCUT2D eigenvalue weighted by molar-refractivity contribution is 7.21. The van der Waals surface area contributed by atoms with Gasteiger partial charge in [0.25, 0.3) is 0 Å². The van der Waals surface area contributed by atoms with Crippen LogP contribution in [0.3, 0.4) is 0 Å². The number of nitrogens with zero attached hydrogens (tertiary/aromatic N) is 2. The molecule has 0 saturated carbocycles. The Hall–Kier alpha value is -3.72. The maximum absolute atomic E-state index is 13.5. The van der Waals surface area contributed by atoms with Crippen LogP contribution < -0.4 is 15.4 Å². The highest BCUT2D eigenvalue weighted by Crippen LogP contribution is 2.33. The van der Waals surface area contributed by atoms with Gasteiger partial charge in [0.1, 0.15) is 28.7 Å². The number of anilines is 1. The van der Waals surface area contributed by atoms with E-state index in [9.17, 15) is 10.0 Å². The van der Waals surface area contributed by atoms with Gasteiger partial charge < -0.3 is 19.6 Å². The minimum Gasteiger partial charge on any atom is -0.733 e. The molecule has 1 N–H and O–H groups in total. The summed E-state index contributed by atoms with van der Waals surface area (Å²) in [6.07, 6.45) is 0.670. The number of thiazole rings is 1. The average Bonchev–Trinajstić information content (AvgIpc) is 3.26. The van der Waals surface area contributed by atoms with Crippen LogP contribution in [0.5, 0.6) is 5.75 Å². The minimum absolute atomic E-state index is 0.110. The largest absolute Gasteiger partial charge is 0.733 e. The molecule has 2 aromatic heterocycles. The van der Waals surface area contributed by atoms with E-state index < -0.39 is 0 Å². The van der Waals surface area contributed by atoms with Crippen molar-refractivity contribution in [1.82, 2.24) is 4.98 Å². The molecule has 172 valence electrons. The Morgan fingerprint density at radius 3 is 2.62 bits per heavy atom. The first-order chi connectivity index (χ1) is 16.4. The van der Waals surface area contributed by atoms with Crippen LogP contribution in [0.4, 0.5) is 5.69 Å². The molecule has 5 rings (SSSR count). The molecule has 3 aromatic carbocycles. The number of aromatic nitrogens is 1. The topological polar surface area (TPSA) is 98.9 Å². The van der Waals surface area contributed by atoms with Crippen molar-refractivity contribution in [2.45, 2.75) is 26.9 Å². The summed E-state index contributed by atoms with van der Waals surface area (Å²) in [6, 6.07) is 17.8. The molecule has 0 spiro atoms. The highest BCUT2D eigenvalue weighted by atomic mass is 32.1. The van der Waals surface area contributed by atoms with Crippen LogP contribution in [-0.4, -0.2) is 10.2 Å². The fourth-order valence-electron chi connectivity index (χ4n) is 3.90. The number of hydrogen-bond donors (Lipinski definition) is 1. The Balaban J connectivity index is 1.52. The van der Waals surface area contributed by atoms with Gasteiger partial charge in [-0.15, -0.1) is 11.3 Å². The first-order valence-corrected chi connectivity index (χ1v) is 11.6. The van der Waals surface area contributed by atoms with E-state index in [1.54, 1.807) is 25.1 Å². The van der Waals surface area contributed by atoms with Crippen molar-refractivity contribution in [2.24, 2.45) is 0 Å². The van der Waals surface area contributed by atoms with Gasteiger partial charge in [0, 0.05) is 6.07 Å². The van der Waals surface area contributed by atoms with Crippen molar-refractivity contribution in [3.63, 3.8) is 0 Å². The molecule has 0 atom stereocenters. The molecule has 0 radical (unpaired) electrons. The fourth-order valence-corrected chi connectivity index (χ4v) is 4.95. The zero-order valence-corrected chi connectivity index (χ0v) is 19.4. The van der Waals surface area contributed by atoms with Crippen LogP contribution in [0, 0.1) is 12.1 Å². The number of benzene rings is 3. The van der Waals surface area contributed by atoms with Crippen molar-refractivity contribution in [1.29, 1.82) is 0 Å². The van der Waals surface area contributed by atoms with E-state index in [1.807, 2.05) is 37.3 Å². The Bertz CT molecular complexity index is 1520. The van der Waals surface area contributed by atoms with Gasteiger partial charge in [-0.25, -0.2) is 4.98 Å². The van der Waals surface area contributed by atoms with Crippen molar-refractivity contribution >= 4 is 38.2 Å². The van der Waals surface area contributed by atoms with E-state index >= 15 is 0 Å². The van der Waals surface area contributed by atoms with E-state index in [-0.39, 0.29) is 22.9 Å². The zero-order valence-electron chi connectivity index (χ0n) is 18.6. The molecule has 0 saturated heterocycles. The molecule has 0 bridgehead atoms. The summed E-state index contributed by atoms with van der Waals surface area (Å²) < 4.78 is 13.1. The van der Waals surface area contributed by atoms with Crippen LogP contribution in [0.2, 0.25) is 0 Å². The SMILES string of the molecule is CCc1cc2c(=O)c(-c3nc4ccccc4s3)c(C)oc2cc1OCc1ccc(N([O-])O)cc1. The predicted molar refractivity (Wildman–Crippen MR) is 134 cm³/mol. The Kier molecular flexibility index (Phi) is 5.79. The molecular weight excluding hydrogens is 452 g/mol. The van der Waals surface area contributed by atoms with E-state index in [1.165, 1.54) is 23.5 Å². The van der Waals surface area contributed by atoms with Gasteiger partial charge in [-0.05, 0) is 54.8 Å². The Morgan fingerprint density at radius 2 is 1.91 bits per heavy atom. The van der Waals surface area contributed by atoms with Gasteiger partial charge in [0.15, 0.2) is 0 Å². The molecule has 5 aromatic rings. The predicted octanol–water partition coefficient (Wildman–Crippen LogP) is 6.21. The van der Waals surface area contributed by atoms with Crippen molar-refractivity contribution in [3.8, 4) is 16.3 Å². The van der Waals surface area contributed by atoms with Crippen LogP contribution in [0.15, 0.2) is 69.9 Å². The average molecular weight is 474 g/mol. The molecule has 2 heterocycles. The molecule has 0 aliphatic carbocycles. The van der Waals surface area contributed by atoms with E-state index in [4.69, 9.17) is 14.4 Å². The van der Waals surface area contributed by atoms with Crippen molar-refractivity contribution < 1.29 is 14.4 Å². The quantitative estimate of drug-likeness (QED) is 0.293. The fraction of sp³-hybridized carbons (Fsp3) is 0.154. The number of ether oxygens (including phenoxy) is 1. The first kappa shape index (κ1) is 22.1. The highest BCUT2D eigenvalue weighted by Gasteiger charge is 2.19. The van der Waals surface area contributed by atoms with Crippen molar-refractivity contribution in [3.05, 3.63) is 93.0 Å². The lowest BCUT2D eigenvalue weighted by molar-refractivity contribution is 0.295. The number of rotatable bonds is 6. The third-order valence-electron chi connectivity index (χ3n) is 5.69. The lowest BCUT2D eigenvalue weighted by atomic mass is 10.1. The summed E-state index contributed by atoms with van der Waals surface area (Å²) in [7, 11) is 0. The van der Waals surface area contributed by atoms with Gasteiger partial charge in [-0.2, -0.15) is 0 Å². The van der Waals surface area contributed by atoms with Gasteiger partial charge in [0.2, 0.25) is 5.43 Å². The second-order valence-corrected chi connectivity index (χ2v) is 8.92. The summed E-state index contributed by atoms with van der Waals surface area (Å²) in [6.45, 7) is 4.03. The number of aryl methyl sites for hydroxylation is 2. The Labute approximate surface area is 199 Å². The van der Waals surface area contributed by atoms with Crippen LogP contribution in [0.1, 0.15) is 23.8 Å². The van der Waals surface area contributed by atoms with Gasteiger partial charge in [-0.3, -0.25) is 10.0 Å². The molecule has 8 heteroatoms. The van der Waals surface area contributed by atoms with Crippen molar-refractivity contribution in [2.75, 3.05) is 5.23 Å². The van der Waals surface area contributed by atoms with Gasteiger partial charge in [-0.1, -0.05) is 31.2 Å². The smallest absolute Gasteiger partial charge is 0.203 e. The van der Waals surface area contributed by atoms with Crippen LogP contribution in [0.25, 0.3) is 31.8 Å². The molecule has 0 amide bonds. The number of para-hydroxylation sites is 1. The summed E-state index contributed by atoms with van der Waals surface area (Å²) in [5.41, 5.74) is 3.55. The minimum atomic E-state index is -0.184. The summed E-state index contributed by atoms with van der Waals surface area (Å²) in [4.78, 5) is 18.1. The molecule has 7 nitrogen and oxygen atoms in total. The second-order valence-electron chi connectivity index (χ2n) is 7.89. The second kappa shape index (κ2) is 8.90. The van der Waals surface area contributed by atoms with Gasteiger partial charge in [0.05, 0.1) is 26.9 Å². The number of hydrogen-bond acceptors (Lipinski definition) is 8. The van der Waals surface area contributed by atoms with E-state index in [0.29, 0.717) is 39.5 Å². The lowest BCUT2D eigenvalue weighted by Gasteiger charge is -2.21. The van der Waals surface area contributed by atoms with Crippen LogP contribution in [-0.2, 0) is 13.0 Å². The lowest BCUT2D eigenvalue weighted by Crippen LogP contribution is -2.09. The number of fused-ring (bicyclic) bond motifs is 2. The maximum Gasteiger partial charge on any atom is 0.203 e. The molecule has 0 fully saturated rings. The third-order valence-corrected chi connectivity index (χ3v) is 6.74. The molecule has 34 heavy (non-hydrogen) atoms. The summed E-state index contributed by atoms with van der Waals surface area (Å²) in [5, 5.41) is 20.9. The van der Waals surface area contributed by atoms with Gasteiger partial charge >= 0.3 is 0 Å². The standard InChI is InChI=1S/C26H21N2O5S/c1-3-17-12-19-22(13-21(17)32-14-16-8-10-18(11-9-16)28(30)31)33-15(2)24(25(19)29)26-27-20-6-4-5-7-23(20)34-26/h4-13,30H,3,14H2,1-2H3/q-1. The normalized spacial score (nSPS) is 11.3. The van der Waals surface area contributed by atoms with E-state index in [0.717, 1.165) is 21.3 Å².